The second-order valence-corrected chi connectivity index (χ2v) is 5.41. The van der Waals surface area contributed by atoms with Crippen molar-refractivity contribution in [2.75, 3.05) is 0 Å². The van der Waals surface area contributed by atoms with Crippen LogP contribution >= 0.6 is 0 Å². The van der Waals surface area contributed by atoms with E-state index < -0.39 is 5.97 Å². The Morgan fingerprint density at radius 1 is 1.26 bits per heavy atom. The lowest BCUT2D eigenvalue weighted by Crippen LogP contribution is -2.23. The summed E-state index contributed by atoms with van der Waals surface area (Å²) in [5.74, 6) is -1.14. The number of hydrogen-bond acceptors (Lipinski definition) is 3. The van der Waals surface area contributed by atoms with E-state index in [1.54, 1.807) is 18.3 Å². The lowest BCUT2D eigenvalue weighted by molar-refractivity contribution is 0.0696. The molecule has 1 heterocycles. The van der Waals surface area contributed by atoms with Crippen LogP contribution in [0.25, 0.3) is 0 Å². The quantitative estimate of drug-likeness (QED) is 0.822. The highest BCUT2D eigenvalue weighted by atomic mass is 16.4. The van der Waals surface area contributed by atoms with Gasteiger partial charge in [-0.15, -0.1) is 0 Å². The molecular weight excluding hydrogens is 294 g/mol. The molecule has 0 saturated heterocycles. The summed E-state index contributed by atoms with van der Waals surface area (Å²) in [5.41, 5.74) is 2.51. The molecule has 2 aromatic rings. The van der Waals surface area contributed by atoms with Gasteiger partial charge >= 0.3 is 5.97 Å². The molecule has 23 heavy (non-hydrogen) atoms. The van der Waals surface area contributed by atoms with Crippen molar-refractivity contribution in [2.45, 2.75) is 39.8 Å². The summed E-state index contributed by atoms with van der Waals surface area (Å²) >= 11 is 0. The molecule has 0 radical (unpaired) electrons. The van der Waals surface area contributed by atoms with Crippen molar-refractivity contribution < 1.29 is 14.7 Å². The number of carboxylic acids is 1. The fourth-order valence-corrected chi connectivity index (χ4v) is 2.25. The molecule has 0 spiro atoms. The first kappa shape index (κ1) is 16.7. The van der Waals surface area contributed by atoms with Crippen molar-refractivity contribution >= 4 is 11.9 Å². The number of rotatable bonds is 7. The van der Waals surface area contributed by atoms with Crippen LogP contribution in [0.1, 0.15) is 51.7 Å². The minimum absolute atomic E-state index is 0.174. The predicted octanol–water partition coefficient (Wildman–Crippen LogP) is 2.62. The maximum Gasteiger partial charge on any atom is 0.335 e. The molecule has 0 bridgehead atoms. The van der Waals surface area contributed by atoms with Gasteiger partial charge < -0.3 is 10.4 Å². The molecule has 0 aliphatic heterocycles. The molecule has 0 fully saturated rings. The van der Waals surface area contributed by atoms with Crippen LogP contribution < -0.4 is 5.32 Å². The van der Waals surface area contributed by atoms with E-state index in [0.29, 0.717) is 12.1 Å². The van der Waals surface area contributed by atoms with Gasteiger partial charge in [-0.2, -0.15) is 5.10 Å². The number of carboxylic acid groups (broad SMARTS) is 1. The number of unbranched alkanes of at least 4 members (excludes halogenated alkanes) is 1. The van der Waals surface area contributed by atoms with E-state index in [0.717, 1.165) is 30.6 Å². The second kappa shape index (κ2) is 7.58. The van der Waals surface area contributed by atoms with Crippen LogP contribution in [0.2, 0.25) is 0 Å². The third-order valence-corrected chi connectivity index (χ3v) is 3.73. The first-order valence-corrected chi connectivity index (χ1v) is 7.65. The average Bonchev–Trinajstić information content (AvgIpc) is 2.92. The lowest BCUT2D eigenvalue weighted by atomic mass is 10.1. The number of nitrogens with zero attached hydrogens (tertiary/aromatic N) is 2. The van der Waals surface area contributed by atoms with Crippen LogP contribution in [0, 0.1) is 6.92 Å². The smallest absolute Gasteiger partial charge is 0.335 e. The third kappa shape index (κ3) is 4.18. The predicted molar refractivity (Wildman–Crippen MR) is 86.4 cm³/mol. The van der Waals surface area contributed by atoms with Gasteiger partial charge in [-0.1, -0.05) is 25.5 Å². The molecule has 0 atom stereocenters. The largest absolute Gasteiger partial charge is 0.478 e. The van der Waals surface area contributed by atoms with Crippen molar-refractivity contribution in [3.63, 3.8) is 0 Å². The zero-order chi connectivity index (χ0) is 16.8. The summed E-state index contributed by atoms with van der Waals surface area (Å²) < 4.78 is 1.85. The van der Waals surface area contributed by atoms with Gasteiger partial charge in [0.1, 0.15) is 0 Å². The van der Waals surface area contributed by atoms with Crippen molar-refractivity contribution in [2.24, 2.45) is 0 Å². The maximum absolute atomic E-state index is 12.2. The fraction of sp³-hybridized carbons (Fsp3) is 0.353. The van der Waals surface area contributed by atoms with Crippen LogP contribution in [0.4, 0.5) is 0 Å². The highest BCUT2D eigenvalue weighted by Gasteiger charge is 2.13. The van der Waals surface area contributed by atoms with E-state index in [1.165, 1.54) is 12.1 Å². The van der Waals surface area contributed by atoms with Gasteiger partial charge in [0, 0.05) is 18.8 Å². The van der Waals surface area contributed by atoms with Crippen LogP contribution in [0.5, 0.6) is 0 Å². The Morgan fingerprint density at radius 3 is 2.57 bits per heavy atom. The van der Waals surface area contributed by atoms with Gasteiger partial charge in [0.15, 0.2) is 0 Å². The second-order valence-electron chi connectivity index (χ2n) is 5.41. The number of aromatic carboxylic acids is 1. The maximum atomic E-state index is 12.2. The van der Waals surface area contributed by atoms with Crippen molar-refractivity contribution in [1.82, 2.24) is 15.1 Å². The molecule has 0 aliphatic carbocycles. The van der Waals surface area contributed by atoms with E-state index >= 15 is 0 Å². The summed E-state index contributed by atoms with van der Waals surface area (Å²) in [6.07, 6.45) is 3.69. The highest BCUT2D eigenvalue weighted by Crippen LogP contribution is 2.09. The highest BCUT2D eigenvalue weighted by molar-refractivity contribution is 5.95. The minimum Gasteiger partial charge on any atom is -0.478 e. The SMILES string of the molecule is CCCCn1ncc(C(=O)NCc2ccc(C(=O)O)cc2)c1C. The number of hydrogen-bond donors (Lipinski definition) is 2. The van der Waals surface area contributed by atoms with E-state index in [2.05, 4.69) is 17.3 Å². The molecule has 1 aromatic heterocycles. The Morgan fingerprint density at radius 2 is 1.96 bits per heavy atom. The van der Waals surface area contributed by atoms with Gasteiger partial charge in [0.25, 0.3) is 5.91 Å². The average molecular weight is 315 g/mol. The fourth-order valence-electron chi connectivity index (χ4n) is 2.25. The number of aromatic nitrogens is 2. The van der Waals surface area contributed by atoms with Crippen molar-refractivity contribution in [1.29, 1.82) is 0 Å². The Kier molecular flexibility index (Phi) is 5.51. The molecule has 0 unspecified atom stereocenters. The standard InChI is InChI=1S/C17H21N3O3/c1-3-4-9-20-12(2)15(11-19-20)16(21)18-10-13-5-7-14(8-6-13)17(22)23/h5-8,11H,3-4,9-10H2,1-2H3,(H,18,21)(H,22,23). The summed E-state index contributed by atoms with van der Waals surface area (Å²) in [4.78, 5) is 23.0. The molecule has 122 valence electrons. The van der Waals surface area contributed by atoms with Crippen molar-refractivity contribution in [3.05, 3.63) is 52.8 Å². The van der Waals surface area contributed by atoms with Gasteiger partial charge in [0.05, 0.1) is 17.3 Å². The molecule has 6 heteroatoms. The first-order chi connectivity index (χ1) is 11.0. The van der Waals surface area contributed by atoms with Gasteiger partial charge in [-0.3, -0.25) is 9.48 Å². The van der Waals surface area contributed by atoms with Gasteiger partial charge in [-0.25, -0.2) is 4.79 Å². The summed E-state index contributed by atoms with van der Waals surface area (Å²) in [5, 5.41) is 15.9. The third-order valence-electron chi connectivity index (χ3n) is 3.73. The molecule has 2 N–H and O–H groups in total. The molecule has 1 amide bonds. The topological polar surface area (TPSA) is 84.2 Å². The summed E-state index contributed by atoms with van der Waals surface area (Å²) in [7, 11) is 0. The zero-order valence-electron chi connectivity index (χ0n) is 13.4. The number of carbonyl (C=O) groups excluding carboxylic acids is 1. The lowest BCUT2D eigenvalue weighted by Gasteiger charge is -2.07. The Labute approximate surface area is 135 Å². The molecule has 0 aliphatic rings. The van der Waals surface area contributed by atoms with Crippen LogP contribution in [0.3, 0.4) is 0 Å². The Hall–Kier alpha value is -2.63. The molecule has 6 nitrogen and oxygen atoms in total. The van der Waals surface area contributed by atoms with E-state index in [9.17, 15) is 9.59 Å². The summed E-state index contributed by atoms with van der Waals surface area (Å²) in [6.45, 7) is 5.16. The Bertz CT molecular complexity index is 690. The van der Waals surface area contributed by atoms with Crippen molar-refractivity contribution in [3.8, 4) is 0 Å². The van der Waals surface area contributed by atoms with Crippen LogP contribution in [0.15, 0.2) is 30.5 Å². The summed E-state index contributed by atoms with van der Waals surface area (Å²) in [6, 6.07) is 6.44. The van der Waals surface area contributed by atoms with E-state index in [-0.39, 0.29) is 11.5 Å². The molecular formula is C17H21N3O3. The molecule has 2 rings (SSSR count). The van der Waals surface area contributed by atoms with Crippen LogP contribution in [-0.4, -0.2) is 26.8 Å². The number of nitrogens with one attached hydrogen (secondary N) is 1. The normalized spacial score (nSPS) is 10.5. The van der Waals surface area contributed by atoms with E-state index in [1.807, 2.05) is 11.6 Å². The molecule has 1 aromatic carbocycles. The monoisotopic (exact) mass is 315 g/mol. The van der Waals surface area contributed by atoms with Gasteiger partial charge in [-0.05, 0) is 31.0 Å². The van der Waals surface area contributed by atoms with Gasteiger partial charge in [0.2, 0.25) is 0 Å². The van der Waals surface area contributed by atoms with Crippen LogP contribution in [-0.2, 0) is 13.1 Å². The zero-order valence-corrected chi connectivity index (χ0v) is 13.4. The molecule has 0 saturated carbocycles. The number of benzene rings is 1. The van der Waals surface area contributed by atoms with E-state index in [4.69, 9.17) is 5.11 Å². The number of amides is 1. The Balaban J connectivity index is 1.97. The number of carbonyl (C=O) groups is 2. The number of aryl methyl sites for hydroxylation is 1. The first-order valence-electron chi connectivity index (χ1n) is 7.65. The minimum atomic E-state index is -0.962.